The molecule has 43 heavy (non-hydrogen) atoms. The van der Waals surface area contributed by atoms with Crippen LogP contribution < -0.4 is 9.64 Å². The molecule has 4 heterocycles. The Morgan fingerprint density at radius 2 is 1.77 bits per heavy atom. The van der Waals surface area contributed by atoms with Gasteiger partial charge in [-0.1, -0.05) is 0 Å². The Bertz CT molecular complexity index is 1670. The number of methoxy groups -OCH3 is 1. The molecule has 0 atom stereocenters. The van der Waals surface area contributed by atoms with E-state index in [2.05, 4.69) is 15.0 Å². The van der Waals surface area contributed by atoms with Crippen LogP contribution in [0.1, 0.15) is 43.7 Å². The number of aromatic nitrogens is 5. The number of amides is 1. The Labute approximate surface area is 249 Å². The number of carbonyl (C=O) groups is 2. The molecule has 0 aliphatic carbocycles. The predicted octanol–water partition coefficient (Wildman–Crippen LogP) is 4.10. The van der Waals surface area contributed by atoms with E-state index in [0.29, 0.717) is 54.3 Å². The first-order valence-electron chi connectivity index (χ1n) is 14.2. The van der Waals surface area contributed by atoms with Gasteiger partial charge in [0.25, 0.3) is 0 Å². The molecule has 5 rings (SSSR count). The quantitative estimate of drug-likeness (QED) is 0.227. The first kappa shape index (κ1) is 30.0. The van der Waals surface area contributed by atoms with Crippen LogP contribution in [0.15, 0.2) is 24.4 Å². The zero-order chi connectivity index (χ0) is 30.9. The van der Waals surface area contributed by atoms with Gasteiger partial charge in [0.15, 0.2) is 18.3 Å². The van der Waals surface area contributed by atoms with Crippen molar-refractivity contribution in [3.05, 3.63) is 35.7 Å². The summed E-state index contributed by atoms with van der Waals surface area (Å²) in [6.45, 7) is 11.4. The van der Waals surface area contributed by atoms with Gasteiger partial charge in [-0.05, 0) is 52.8 Å². The van der Waals surface area contributed by atoms with E-state index in [4.69, 9.17) is 28.9 Å². The van der Waals surface area contributed by atoms with Crippen LogP contribution in [0.3, 0.4) is 0 Å². The smallest absolute Gasteiger partial charge is 0.410 e. The summed E-state index contributed by atoms with van der Waals surface area (Å²) in [4.78, 5) is 43.8. The number of ether oxygens (including phenoxy) is 4. The van der Waals surface area contributed by atoms with E-state index in [-0.39, 0.29) is 31.0 Å². The number of benzene rings is 1. The molecule has 0 N–H and O–H groups in total. The highest BCUT2D eigenvalue weighted by Gasteiger charge is 2.28. The molecule has 1 aliphatic rings. The Kier molecular flexibility index (Phi) is 8.36. The molecule has 4 aromatic rings. The number of piperazine rings is 1. The maximum atomic E-state index is 13.2. The molecular weight excluding hydrogens is 554 g/mol. The summed E-state index contributed by atoms with van der Waals surface area (Å²) in [6, 6.07) is 5.56. The van der Waals surface area contributed by atoms with Gasteiger partial charge in [0.1, 0.15) is 22.7 Å². The van der Waals surface area contributed by atoms with Gasteiger partial charge in [-0.3, -0.25) is 4.68 Å². The zero-order valence-corrected chi connectivity index (χ0v) is 25.6. The second-order valence-electron chi connectivity index (χ2n) is 11.3. The van der Waals surface area contributed by atoms with E-state index in [9.17, 15) is 9.59 Å². The molecule has 0 bridgehead atoms. The van der Waals surface area contributed by atoms with Crippen molar-refractivity contribution in [2.45, 2.75) is 40.2 Å². The number of esters is 1. The van der Waals surface area contributed by atoms with Gasteiger partial charge in [-0.15, -0.1) is 0 Å². The molecule has 228 valence electrons. The molecule has 3 aromatic heterocycles. The minimum absolute atomic E-state index is 0.0105. The summed E-state index contributed by atoms with van der Waals surface area (Å²) < 4.78 is 23.8. The largest absolute Gasteiger partial charge is 0.466 e. The van der Waals surface area contributed by atoms with Crippen LogP contribution in [0.5, 0.6) is 5.75 Å². The first-order valence-corrected chi connectivity index (χ1v) is 14.2. The van der Waals surface area contributed by atoms with Crippen LogP contribution in [0.4, 0.5) is 10.6 Å². The number of carbonyl (C=O) groups excluding carboxylic acids is 2. The lowest BCUT2D eigenvalue weighted by Crippen LogP contribution is -2.50. The van der Waals surface area contributed by atoms with E-state index < -0.39 is 11.6 Å². The van der Waals surface area contributed by atoms with E-state index in [0.717, 1.165) is 16.5 Å². The lowest BCUT2D eigenvalue weighted by atomic mass is 10.0. The molecule has 1 fully saturated rings. The van der Waals surface area contributed by atoms with Gasteiger partial charge in [-0.25, -0.2) is 24.5 Å². The monoisotopic (exact) mass is 591 g/mol. The average molecular weight is 592 g/mol. The molecule has 1 aromatic carbocycles. The molecule has 1 aliphatic heterocycles. The number of hydrogen-bond acceptors (Lipinski definition) is 11. The fourth-order valence-electron chi connectivity index (χ4n) is 4.99. The van der Waals surface area contributed by atoms with Crippen molar-refractivity contribution in [1.29, 1.82) is 0 Å². The standard InChI is InChI=1S/C30H37N7O6/c1-8-41-28(38)25-24-21(9-10-22(32-24)36-11-13-37(14-12-36)29(39)43-30(3,4)5)31-27(33-25)20-15-19-16-35(6)34-23(19)18(2)26(20)42-17-40-7/h9-10,15-16H,8,11-14,17H2,1-7H3. The van der Waals surface area contributed by atoms with Gasteiger partial charge >= 0.3 is 12.1 Å². The topological polar surface area (TPSA) is 134 Å². The van der Waals surface area contributed by atoms with Crippen molar-refractivity contribution in [2.75, 3.05) is 51.6 Å². The number of aryl methyl sites for hydroxylation is 2. The second-order valence-corrected chi connectivity index (χ2v) is 11.3. The minimum atomic E-state index is -0.603. The summed E-state index contributed by atoms with van der Waals surface area (Å²) >= 11 is 0. The molecule has 13 nitrogen and oxygen atoms in total. The molecule has 0 spiro atoms. The summed E-state index contributed by atoms with van der Waals surface area (Å²) in [6.07, 6.45) is 1.56. The third-order valence-corrected chi connectivity index (χ3v) is 6.91. The van der Waals surface area contributed by atoms with E-state index in [1.54, 1.807) is 23.6 Å². The molecule has 0 unspecified atom stereocenters. The number of hydrogen-bond donors (Lipinski definition) is 0. The highest BCUT2D eigenvalue weighted by Crippen LogP contribution is 2.37. The molecule has 0 saturated carbocycles. The van der Waals surface area contributed by atoms with Crippen molar-refractivity contribution in [3.8, 4) is 17.1 Å². The molecule has 1 saturated heterocycles. The summed E-state index contributed by atoms with van der Waals surface area (Å²) in [5, 5.41) is 5.43. The highest BCUT2D eigenvalue weighted by molar-refractivity contribution is 6.01. The Morgan fingerprint density at radius 3 is 2.44 bits per heavy atom. The SMILES string of the molecule is CCOC(=O)c1nc(-c2cc3cn(C)nc3c(C)c2OCOC)nc2ccc(N3CCN(C(=O)OC(C)(C)C)CC3)nc12. The number of anilines is 1. The van der Waals surface area contributed by atoms with Crippen molar-refractivity contribution in [2.24, 2.45) is 7.05 Å². The normalized spacial score (nSPS) is 13.9. The number of fused-ring (bicyclic) bond motifs is 2. The summed E-state index contributed by atoms with van der Waals surface area (Å²) in [5.74, 6) is 0.842. The first-order chi connectivity index (χ1) is 20.5. The number of rotatable bonds is 7. The Hall–Kier alpha value is -4.52. The van der Waals surface area contributed by atoms with E-state index >= 15 is 0 Å². The fraction of sp³-hybridized carbons (Fsp3) is 0.467. The lowest BCUT2D eigenvalue weighted by Gasteiger charge is -2.36. The van der Waals surface area contributed by atoms with Crippen LogP contribution in [-0.2, 0) is 21.3 Å². The highest BCUT2D eigenvalue weighted by atomic mass is 16.7. The minimum Gasteiger partial charge on any atom is -0.466 e. The zero-order valence-electron chi connectivity index (χ0n) is 25.6. The second kappa shape index (κ2) is 12.0. The molecule has 13 heteroatoms. The van der Waals surface area contributed by atoms with Gasteiger partial charge in [-0.2, -0.15) is 5.10 Å². The summed E-state index contributed by atoms with van der Waals surface area (Å²) in [5.41, 5.74) is 2.46. The van der Waals surface area contributed by atoms with Crippen molar-refractivity contribution in [1.82, 2.24) is 29.6 Å². The summed E-state index contributed by atoms with van der Waals surface area (Å²) in [7, 11) is 3.39. The third-order valence-electron chi connectivity index (χ3n) is 6.91. The molecular formula is C30H37N7O6. The van der Waals surface area contributed by atoms with Crippen LogP contribution in [0.25, 0.3) is 33.3 Å². The number of pyridine rings is 1. The third kappa shape index (κ3) is 6.31. The lowest BCUT2D eigenvalue weighted by molar-refractivity contribution is 0.0240. The maximum absolute atomic E-state index is 13.2. The number of nitrogens with zero attached hydrogens (tertiary/aromatic N) is 7. The predicted molar refractivity (Wildman–Crippen MR) is 160 cm³/mol. The van der Waals surface area contributed by atoms with Gasteiger partial charge in [0.05, 0.1) is 23.2 Å². The maximum Gasteiger partial charge on any atom is 0.410 e. The van der Waals surface area contributed by atoms with E-state index in [1.807, 2.05) is 59.1 Å². The van der Waals surface area contributed by atoms with Crippen LogP contribution in [0, 0.1) is 6.92 Å². The average Bonchev–Trinajstić information content (AvgIpc) is 3.35. The van der Waals surface area contributed by atoms with Gasteiger partial charge in [0.2, 0.25) is 0 Å². The molecule has 1 amide bonds. The van der Waals surface area contributed by atoms with Crippen molar-refractivity contribution < 1.29 is 28.5 Å². The van der Waals surface area contributed by atoms with E-state index in [1.165, 1.54) is 0 Å². The van der Waals surface area contributed by atoms with Crippen molar-refractivity contribution in [3.63, 3.8) is 0 Å². The Balaban J connectivity index is 1.54. The molecule has 0 radical (unpaired) electrons. The fourth-order valence-corrected chi connectivity index (χ4v) is 4.99. The van der Waals surface area contributed by atoms with Gasteiger partial charge in [0, 0.05) is 57.5 Å². The van der Waals surface area contributed by atoms with Crippen LogP contribution in [0.2, 0.25) is 0 Å². The Morgan fingerprint density at radius 1 is 1.02 bits per heavy atom. The van der Waals surface area contributed by atoms with Crippen LogP contribution in [-0.4, -0.2) is 94.0 Å². The van der Waals surface area contributed by atoms with Crippen molar-refractivity contribution >= 4 is 39.8 Å². The van der Waals surface area contributed by atoms with Crippen LogP contribution >= 0.6 is 0 Å². The van der Waals surface area contributed by atoms with Gasteiger partial charge < -0.3 is 28.7 Å².